The van der Waals surface area contributed by atoms with E-state index < -0.39 is 5.41 Å². The van der Waals surface area contributed by atoms with Crippen LogP contribution in [0, 0.1) is 0 Å². The number of carbonyl (C=O) groups excluding carboxylic acids is 1. The van der Waals surface area contributed by atoms with E-state index in [-0.39, 0.29) is 18.1 Å². The molecule has 1 aliphatic rings. The summed E-state index contributed by atoms with van der Waals surface area (Å²) < 4.78 is 16.1. The van der Waals surface area contributed by atoms with Crippen LogP contribution in [0.4, 0.5) is 0 Å². The minimum absolute atomic E-state index is 0.171. The number of rotatable bonds is 8. The zero-order valence-corrected chi connectivity index (χ0v) is 16.3. The molecule has 25 heavy (non-hydrogen) atoms. The maximum atomic E-state index is 13.4. The summed E-state index contributed by atoms with van der Waals surface area (Å²) in [6.45, 7) is 4.15. The number of likely N-dealkylation sites (N-methyl/N-ethyl adjacent to an activating group) is 1. The Balaban J connectivity index is 2.33. The van der Waals surface area contributed by atoms with Gasteiger partial charge in [0.2, 0.25) is 5.91 Å². The highest BCUT2D eigenvalue weighted by molar-refractivity contribution is 5.88. The molecule has 1 aromatic rings. The molecule has 1 fully saturated rings. The van der Waals surface area contributed by atoms with Gasteiger partial charge in [0.05, 0.1) is 25.7 Å². The fraction of sp³-hybridized carbons (Fsp3) is 0.650. The summed E-state index contributed by atoms with van der Waals surface area (Å²) in [5.41, 5.74) is 0.432. The molecular weight excluding hydrogens is 318 g/mol. The van der Waals surface area contributed by atoms with E-state index in [0.717, 1.165) is 31.2 Å². The van der Waals surface area contributed by atoms with Crippen LogP contribution in [-0.4, -0.2) is 51.3 Å². The van der Waals surface area contributed by atoms with Crippen molar-refractivity contribution in [1.29, 1.82) is 0 Å². The van der Waals surface area contributed by atoms with Crippen LogP contribution >= 0.6 is 0 Å². The van der Waals surface area contributed by atoms with Gasteiger partial charge in [0.1, 0.15) is 0 Å². The second-order valence-corrected chi connectivity index (χ2v) is 6.76. The van der Waals surface area contributed by atoms with Crippen LogP contribution in [0.25, 0.3) is 0 Å². The lowest BCUT2D eigenvalue weighted by molar-refractivity contribution is -0.143. The van der Waals surface area contributed by atoms with Crippen molar-refractivity contribution in [2.75, 3.05) is 28.4 Å². The molecule has 1 aliphatic carbocycles. The van der Waals surface area contributed by atoms with E-state index in [9.17, 15) is 4.79 Å². The van der Waals surface area contributed by atoms with Crippen molar-refractivity contribution < 1.29 is 19.0 Å². The van der Waals surface area contributed by atoms with Crippen molar-refractivity contribution in [3.05, 3.63) is 23.8 Å². The molecule has 0 aromatic heterocycles. The largest absolute Gasteiger partial charge is 0.493 e. The quantitative estimate of drug-likeness (QED) is 0.722. The number of amides is 1. The molecule has 0 N–H and O–H groups in total. The molecule has 5 nitrogen and oxygen atoms in total. The van der Waals surface area contributed by atoms with Crippen LogP contribution in [0.2, 0.25) is 0 Å². The summed E-state index contributed by atoms with van der Waals surface area (Å²) in [6.07, 6.45) is 3.58. The molecule has 0 saturated heterocycles. The van der Waals surface area contributed by atoms with Gasteiger partial charge in [-0.15, -0.1) is 0 Å². The van der Waals surface area contributed by atoms with Crippen LogP contribution in [0.15, 0.2) is 18.2 Å². The van der Waals surface area contributed by atoms with Gasteiger partial charge in [0, 0.05) is 20.2 Å². The monoisotopic (exact) mass is 349 g/mol. The summed E-state index contributed by atoms with van der Waals surface area (Å²) in [6, 6.07) is 6.07. The fourth-order valence-electron chi connectivity index (χ4n) is 3.77. The van der Waals surface area contributed by atoms with Gasteiger partial charge in [0.25, 0.3) is 0 Å². The van der Waals surface area contributed by atoms with E-state index >= 15 is 0 Å². The zero-order valence-electron chi connectivity index (χ0n) is 16.3. The Kier molecular flexibility index (Phi) is 6.33. The number of hydrogen-bond acceptors (Lipinski definition) is 4. The first-order valence-corrected chi connectivity index (χ1v) is 8.99. The predicted octanol–water partition coefficient (Wildman–Crippen LogP) is 3.40. The van der Waals surface area contributed by atoms with Crippen LogP contribution in [0.5, 0.6) is 11.5 Å². The zero-order chi connectivity index (χ0) is 18.6. The van der Waals surface area contributed by atoms with E-state index in [4.69, 9.17) is 14.2 Å². The van der Waals surface area contributed by atoms with E-state index in [1.54, 1.807) is 21.3 Å². The number of hydrogen-bond donors (Lipinski definition) is 0. The van der Waals surface area contributed by atoms with Crippen molar-refractivity contribution in [2.24, 2.45) is 0 Å². The van der Waals surface area contributed by atoms with Crippen molar-refractivity contribution in [3.63, 3.8) is 0 Å². The first kappa shape index (κ1) is 19.6. The highest BCUT2D eigenvalue weighted by Crippen LogP contribution is 2.40. The molecule has 0 atom stereocenters. The van der Waals surface area contributed by atoms with Gasteiger partial charge in [-0.05, 0) is 43.4 Å². The molecule has 0 spiro atoms. The Hall–Kier alpha value is -1.75. The topological polar surface area (TPSA) is 48.0 Å². The first-order chi connectivity index (χ1) is 12.0. The molecule has 0 radical (unpaired) electrons. The van der Waals surface area contributed by atoms with Gasteiger partial charge in [0.15, 0.2) is 11.5 Å². The number of ether oxygens (including phenoxy) is 3. The maximum absolute atomic E-state index is 13.4. The molecule has 1 aromatic carbocycles. The van der Waals surface area contributed by atoms with E-state index in [1.165, 1.54) is 0 Å². The standard InChI is InChI=1S/C20H31NO4/c1-7-20(8-2,14-9-10-17(24-5)18(11-14)25-6)19(22)21(3)15-12-16(13-15)23-4/h9-11,15-16H,7-8,12-13H2,1-6H3. The van der Waals surface area contributed by atoms with Gasteiger partial charge in [-0.1, -0.05) is 19.9 Å². The molecule has 5 heteroatoms. The molecule has 140 valence electrons. The Bertz CT molecular complexity index is 591. The summed E-state index contributed by atoms with van der Waals surface area (Å²) in [7, 11) is 6.88. The SMILES string of the molecule is CCC(CC)(C(=O)N(C)C1CC(OC)C1)c1ccc(OC)c(OC)c1. The fourth-order valence-corrected chi connectivity index (χ4v) is 3.77. The molecule has 2 rings (SSSR count). The average molecular weight is 349 g/mol. The van der Waals surface area contributed by atoms with Gasteiger partial charge in [-0.25, -0.2) is 0 Å². The van der Waals surface area contributed by atoms with Gasteiger partial charge in [-0.2, -0.15) is 0 Å². The van der Waals surface area contributed by atoms with E-state index in [1.807, 2.05) is 30.1 Å². The van der Waals surface area contributed by atoms with Gasteiger partial charge in [-0.3, -0.25) is 4.79 Å². The van der Waals surface area contributed by atoms with Crippen LogP contribution in [-0.2, 0) is 14.9 Å². The minimum atomic E-state index is -0.549. The second-order valence-electron chi connectivity index (χ2n) is 6.76. The molecule has 0 bridgehead atoms. The molecular formula is C20H31NO4. The number of nitrogens with zero attached hydrogens (tertiary/aromatic N) is 1. The molecule has 1 saturated carbocycles. The first-order valence-electron chi connectivity index (χ1n) is 8.99. The van der Waals surface area contributed by atoms with Crippen molar-refractivity contribution in [1.82, 2.24) is 4.90 Å². The lowest BCUT2D eigenvalue weighted by atomic mass is 9.73. The summed E-state index contributed by atoms with van der Waals surface area (Å²) in [4.78, 5) is 15.3. The normalized spacial score (nSPS) is 19.9. The summed E-state index contributed by atoms with van der Waals surface area (Å²) in [5, 5.41) is 0. The maximum Gasteiger partial charge on any atom is 0.233 e. The summed E-state index contributed by atoms with van der Waals surface area (Å²) in [5.74, 6) is 1.50. The van der Waals surface area contributed by atoms with Crippen LogP contribution in [0.1, 0.15) is 45.1 Å². The molecule has 1 amide bonds. The van der Waals surface area contributed by atoms with Crippen LogP contribution in [0.3, 0.4) is 0 Å². The van der Waals surface area contributed by atoms with Crippen molar-refractivity contribution in [3.8, 4) is 11.5 Å². The van der Waals surface area contributed by atoms with Gasteiger partial charge >= 0.3 is 0 Å². The Morgan fingerprint density at radius 2 is 1.72 bits per heavy atom. The average Bonchev–Trinajstić information content (AvgIpc) is 2.61. The van der Waals surface area contributed by atoms with Crippen LogP contribution < -0.4 is 9.47 Å². The third-order valence-electron chi connectivity index (χ3n) is 5.82. The number of methoxy groups -OCH3 is 3. The Labute approximate surface area is 151 Å². The van der Waals surface area contributed by atoms with E-state index in [0.29, 0.717) is 11.5 Å². The minimum Gasteiger partial charge on any atom is -0.493 e. The smallest absolute Gasteiger partial charge is 0.233 e. The number of benzene rings is 1. The lowest BCUT2D eigenvalue weighted by Crippen LogP contribution is -2.54. The van der Waals surface area contributed by atoms with Crippen molar-refractivity contribution >= 4 is 5.91 Å². The lowest BCUT2D eigenvalue weighted by Gasteiger charge is -2.44. The van der Waals surface area contributed by atoms with Gasteiger partial charge < -0.3 is 19.1 Å². The highest BCUT2D eigenvalue weighted by atomic mass is 16.5. The summed E-state index contributed by atoms with van der Waals surface area (Å²) >= 11 is 0. The predicted molar refractivity (Wildman–Crippen MR) is 98.4 cm³/mol. The highest BCUT2D eigenvalue weighted by Gasteiger charge is 2.43. The molecule has 0 heterocycles. The Morgan fingerprint density at radius 3 is 2.20 bits per heavy atom. The second kappa shape index (κ2) is 8.09. The molecule has 0 unspecified atom stereocenters. The third-order valence-corrected chi connectivity index (χ3v) is 5.82. The number of carbonyl (C=O) groups is 1. The van der Waals surface area contributed by atoms with E-state index in [2.05, 4.69) is 13.8 Å². The van der Waals surface area contributed by atoms with Crippen molar-refractivity contribution in [2.45, 2.75) is 57.1 Å². The third kappa shape index (κ3) is 3.47. The Morgan fingerprint density at radius 1 is 1.12 bits per heavy atom. The molecule has 0 aliphatic heterocycles.